The first-order valence-corrected chi connectivity index (χ1v) is 9.72. The number of ether oxygens (including phenoxy) is 2. The molecule has 1 aliphatic rings. The second kappa shape index (κ2) is 10.8. The maximum Gasteiger partial charge on any atom is 0.310 e. The van der Waals surface area contributed by atoms with E-state index in [1.54, 1.807) is 11.8 Å². The Hall–Kier alpha value is -2.30. The second-order valence-corrected chi connectivity index (χ2v) is 7.22. The Morgan fingerprint density at radius 3 is 2.56 bits per heavy atom. The van der Waals surface area contributed by atoms with Crippen LogP contribution in [0.2, 0.25) is 0 Å². The van der Waals surface area contributed by atoms with Gasteiger partial charge in [0.15, 0.2) is 6.61 Å². The molecule has 0 N–H and O–H groups in total. The van der Waals surface area contributed by atoms with Gasteiger partial charge in [0, 0.05) is 13.1 Å². The van der Waals surface area contributed by atoms with E-state index in [-0.39, 0.29) is 24.4 Å². The zero-order valence-electron chi connectivity index (χ0n) is 16.7. The highest BCUT2D eigenvalue weighted by Crippen LogP contribution is 2.21. The first-order valence-electron chi connectivity index (χ1n) is 9.72. The van der Waals surface area contributed by atoms with Crippen molar-refractivity contribution in [2.24, 2.45) is 5.92 Å². The van der Waals surface area contributed by atoms with Crippen molar-refractivity contribution in [2.75, 3.05) is 26.8 Å². The number of carbonyl (C=O) groups is 2. The topological polar surface area (TPSA) is 55.8 Å². The Morgan fingerprint density at radius 1 is 1.19 bits per heavy atom. The van der Waals surface area contributed by atoms with E-state index in [0.717, 1.165) is 24.8 Å². The molecule has 0 heterocycles. The summed E-state index contributed by atoms with van der Waals surface area (Å²) in [5.74, 6) is -0.101. The van der Waals surface area contributed by atoms with Gasteiger partial charge in [-0.3, -0.25) is 9.59 Å². The molecular formula is C22H31NO4. The maximum atomic E-state index is 12.7. The van der Waals surface area contributed by atoms with Gasteiger partial charge in [0.1, 0.15) is 5.75 Å². The van der Waals surface area contributed by atoms with E-state index in [4.69, 9.17) is 9.47 Å². The van der Waals surface area contributed by atoms with Crippen LogP contribution in [0.25, 0.3) is 0 Å². The molecule has 148 valence electrons. The molecule has 1 amide bonds. The fourth-order valence-corrected chi connectivity index (χ4v) is 3.21. The number of hydrogen-bond acceptors (Lipinski definition) is 4. The summed E-state index contributed by atoms with van der Waals surface area (Å²) in [6, 6.07) is 7.62. The molecule has 1 unspecified atom stereocenters. The third kappa shape index (κ3) is 7.08. The summed E-state index contributed by atoms with van der Waals surface area (Å²) in [6.07, 6.45) is 7.83. The molecule has 0 aromatic heterocycles. The van der Waals surface area contributed by atoms with Gasteiger partial charge in [-0.1, -0.05) is 36.3 Å². The molecule has 5 heteroatoms. The lowest BCUT2D eigenvalue weighted by Gasteiger charge is -2.26. The standard InChI is InChI=1S/C22H31NO4/c1-17-9-11-20(12-10-17)27-16-21(24)23(15-18(2)22(25)26-3)14-13-19-7-5-4-6-8-19/h7,9-12,18H,4-6,8,13-16H2,1-3H3. The van der Waals surface area contributed by atoms with E-state index >= 15 is 0 Å². The van der Waals surface area contributed by atoms with Gasteiger partial charge in [-0.15, -0.1) is 0 Å². The average molecular weight is 373 g/mol. The number of allylic oxidation sites excluding steroid dienone is 1. The zero-order chi connectivity index (χ0) is 19.6. The van der Waals surface area contributed by atoms with Gasteiger partial charge < -0.3 is 14.4 Å². The van der Waals surface area contributed by atoms with Crippen molar-refractivity contribution >= 4 is 11.9 Å². The lowest BCUT2D eigenvalue weighted by molar-refractivity contribution is -0.146. The summed E-state index contributed by atoms with van der Waals surface area (Å²) in [5.41, 5.74) is 2.55. The zero-order valence-corrected chi connectivity index (χ0v) is 16.7. The minimum atomic E-state index is -0.362. The van der Waals surface area contributed by atoms with E-state index in [1.807, 2.05) is 31.2 Å². The van der Waals surface area contributed by atoms with Gasteiger partial charge in [-0.05, 0) is 51.2 Å². The van der Waals surface area contributed by atoms with E-state index in [1.165, 1.54) is 25.5 Å². The van der Waals surface area contributed by atoms with Crippen molar-refractivity contribution in [1.82, 2.24) is 4.90 Å². The summed E-state index contributed by atoms with van der Waals surface area (Å²) in [7, 11) is 1.37. The number of hydrogen-bond donors (Lipinski definition) is 0. The van der Waals surface area contributed by atoms with E-state index in [0.29, 0.717) is 18.8 Å². The van der Waals surface area contributed by atoms with Gasteiger partial charge in [-0.25, -0.2) is 0 Å². The minimum Gasteiger partial charge on any atom is -0.484 e. The summed E-state index contributed by atoms with van der Waals surface area (Å²) in [6.45, 7) is 4.70. The Labute approximate surface area is 162 Å². The van der Waals surface area contributed by atoms with Crippen LogP contribution in [-0.4, -0.2) is 43.6 Å². The van der Waals surface area contributed by atoms with Crippen LogP contribution in [0.3, 0.4) is 0 Å². The number of methoxy groups -OCH3 is 1. The summed E-state index contributed by atoms with van der Waals surface area (Å²) < 4.78 is 10.4. The fourth-order valence-electron chi connectivity index (χ4n) is 3.21. The van der Waals surface area contributed by atoms with Crippen LogP contribution in [0.4, 0.5) is 0 Å². The van der Waals surface area contributed by atoms with Crippen LogP contribution in [-0.2, 0) is 14.3 Å². The van der Waals surface area contributed by atoms with Crippen molar-refractivity contribution < 1.29 is 19.1 Å². The molecule has 0 fully saturated rings. The predicted molar refractivity (Wildman–Crippen MR) is 106 cm³/mol. The third-order valence-electron chi connectivity index (χ3n) is 4.92. The Balaban J connectivity index is 1.95. The molecule has 5 nitrogen and oxygen atoms in total. The molecule has 0 spiro atoms. The van der Waals surface area contributed by atoms with Crippen LogP contribution in [0.1, 0.15) is 44.6 Å². The van der Waals surface area contributed by atoms with Crippen molar-refractivity contribution in [1.29, 1.82) is 0 Å². The van der Waals surface area contributed by atoms with Crippen LogP contribution in [0.15, 0.2) is 35.9 Å². The number of nitrogens with zero attached hydrogens (tertiary/aromatic N) is 1. The number of benzene rings is 1. The van der Waals surface area contributed by atoms with Gasteiger partial charge in [0.05, 0.1) is 13.0 Å². The Bertz CT molecular complexity index is 651. The quantitative estimate of drug-likeness (QED) is 0.487. The molecule has 27 heavy (non-hydrogen) atoms. The first kappa shape index (κ1) is 21.0. The molecule has 0 saturated carbocycles. The summed E-state index contributed by atoms with van der Waals surface area (Å²) >= 11 is 0. The van der Waals surface area contributed by atoms with Gasteiger partial charge in [0.25, 0.3) is 5.91 Å². The molecule has 1 atom stereocenters. The lowest BCUT2D eigenvalue weighted by Crippen LogP contribution is -2.40. The van der Waals surface area contributed by atoms with E-state index in [9.17, 15) is 9.59 Å². The largest absolute Gasteiger partial charge is 0.484 e. The molecule has 0 aliphatic heterocycles. The average Bonchev–Trinajstić information content (AvgIpc) is 2.70. The minimum absolute atomic E-state index is 0.0317. The number of esters is 1. The first-order chi connectivity index (χ1) is 13.0. The molecule has 0 bridgehead atoms. The monoisotopic (exact) mass is 373 g/mol. The van der Waals surface area contributed by atoms with Gasteiger partial charge in [0.2, 0.25) is 0 Å². The molecule has 1 aliphatic carbocycles. The molecular weight excluding hydrogens is 342 g/mol. The molecule has 0 saturated heterocycles. The fraction of sp³-hybridized carbons (Fsp3) is 0.545. The van der Waals surface area contributed by atoms with Crippen molar-refractivity contribution in [3.05, 3.63) is 41.5 Å². The normalized spacial score (nSPS) is 14.9. The van der Waals surface area contributed by atoms with Crippen LogP contribution >= 0.6 is 0 Å². The molecule has 1 aromatic carbocycles. The highest BCUT2D eigenvalue weighted by Gasteiger charge is 2.22. The molecule has 0 radical (unpaired) electrons. The third-order valence-corrected chi connectivity index (χ3v) is 4.92. The highest BCUT2D eigenvalue weighted by atomic mass is 16.5. The van der Waals surface area contributed by atoms with Crippen molar-refractivity contribution in [3.8, 4) is 5.75 Å². The second-order valence-electron chi connectivity index (χ2n) is 7.22. The number of aryl methyl sites for hydroxylation is 1. The van der Waals surface area contributed by atoms with Gasteiger partial charge >= 0.3 is 5.97 Å². The highest BCUT2D eigenvalue weighted by molar-refractivity contribution is 5.79. The Morgan fingerprint density at radius 2 is 1.93 bits per heavy atom. The van der Waals surface area contributed by atoms with Crippen LogP contribution in [0, 0.1) is 12.8 Å². The van der Waals surface area contributed by atoms with Crippen molar-refractivity contribution in [2.45, 2.75) is 46.0 Å². The number of amides is 1. The van der Waals surface area contributed by atoms with Crippen molar-refractivity contribution in [3.63, 3.8) is 0 Å². The van der Waals surface area contributed by atoms with Crippen LogP contribution < -0.4 is 4.74 Å². The number of carbonyl (C=O) groups excluding carboxylic acids is 2. The number of rotatable bonds is 9. The SMILES string of the molecule is COC(=O)C(C)CN(CCC1=CCCCC1)C(=O)COc1ccc(C)cc1. The summed E-state index contributed by atoms with van der Waals surface area (Å²) in [4.78, 5) is 26.2. The molecule has 1 aromatic rings. The summed E-state index contributed by atoms with van der Waals surface area (Å²) in [5, 5.41) is 0. The lowest BCUT2D eigenvalue weighted by atomic mass is 9.97. The smallest absolute Gasteiger partial charge is 0.310 e. The Kier molecular flexibility index (Phi) is 8.37. The van der Waals surface area contributed by atoms with E-state index < -0.39 is 0 Å². The van der Waals surface area contributed by atoms with Crippen LogP contribution in [0.5, 0.6) is 5.75 Å². The van der Waals surface area contributed by atoms with Gasteiger partial charge in [-0.2, -0.15) is 0 Å². The van der Waals surface area contributed by atoms with E-state index in [2.05, 4.69) is 6.08 Å². The maximum absolute atomic E-state index is 12.7. The molecule has 2 rings (SSSR count). The predicted octanol–water partition coefficient (Wildman–Crippen LogP) is 3.90.